The Labute approximate surface area is 156 Å². The van der Waals surface area contributed by atoms with Gasteiger partial charge in [-0.05, 0) is 36.4 Å². The van der Waals surface area contributed by atoms with Crippen molar-refractivity contribution in [3.05, 3.63) is 47.5 Å². The van der Waals surface area contributed by atoms with E-state index in [1.54, 1.807) is 41.3 Å². The van der Waals surface area contributed by atoms with Crippen molar-refractivity contribution in [1.82, 2.24) is 9.88 Å². The predicted molar refractivity (Wildman–Crippen MR) is 96.3 cm³/mol. The highest BCUT2D eigenvalue weighted by molar-refractivity contribution is 6.04. The van der Waals surface area contributed by atoms with Gasteiger partial charge in [0.15, 0.2) is 5.75 Å². The van der Waals surface area contributed by atoms with Gasteiger partial charge in [-0.15, -0.1) is 0 Å². The molecule has 1 fully saturated rings. The lowest BCUT2D eigenvalue weighted by Crippen LogP contribution is -2.40. The number of carbonyl (C=O) groups is 2. The van der Waals surface area contributed by atoms with Crippen LogP contribution in [-0.2, 0) is 4.74 Å². The molecule has 8 nitrogen and oxygen atoms in total. The number of rotatable bonds is 3. The molecule has 4 rings (SSSR count). The van der Waals surface area contributed by atoms with Gasteiger partial charge in [0, 0.05) is 24.2 Å². The first-order chi connectivity index (χ1) is 13.2. The molecule has 0 aliphatic carbocycles. The number of morpholine rings is 1. The number of benzene rings is 1. The topological polar surface area (TPSA) is 90.0 Å². The van der Waals surface area contributed by atoms with Gasteiger partial charge in [0.2, 0.25) is 0 Å². The zero-order chi connectivity index (χ0) is 18.6. The maximum Gasteiger partial charge on any atom is 0.259 e. The average Bonchev–Trinajstić information content (AvgIpc) is 2.74. The van der Waals surface area contributed by atoms with E-state index in [1.165, 1.54) is 0 Å². The minimum atomic E-state index is -0.315. The van der Waals surface area contributed by atoms with E-state index in [4.69, 9.17) is 14.2 Å². The minimum absolute atomic E-state index is 0.0567. The van der Waals surface area contributed by atoms with E-state index >= 15 is 0 Å². The molecule has 2 aromatic rings. The second-order valence-corrected chi connectivity index (χ2v) is 6.13. The molecule has 3 heterocycles. The molecule has 1 saturated heterocycles. The molecule has 140 valence electrons. The average molecular weight is 369 g/mol. The largest absolute Gasteiger partial charge is 0.484 e. The Morgan fingerprint density at radius 2 is 1.59 bits per heavy atom. The Morgan fingerprint density at radius 3 is 2.37 bits per heavy atom. The van der Waals surface area contributed by atoms with Crippen molar-refractivity contribution in [1.29, 1.82) is 0 Å². The molecule has 8 heteroatoms. The lowest BCUT2D eigenvalue weighted by atomic mass is 10.1. The van der Waals surface area contributed by atoms with E-state index in [2.05, 4.69) is 10.3 Å². The van der Waals surface area contributed by atoms with Crippen LogP contribution in [0.15, 0.2) is 36.4 Å². The van der Waals surface area contributed by atoms with E-state index in [0.717, 1.165) is 0 Å². The smallest absolute Gasteiger partial charge is 0.259 e. The first kappa shape index (κ1) is 17.3. The highest BCUT2D eigenvalue weighted by atomic mass is 16.6. The summed E-state index contributed by atoms with van der Waals surface area (Å²) in [5.74, 6) is 0.928. The fourth-order valence-electron chi connectivity index (χ4n) is 2.90. The summed E-state index contributed by atoms with van der Waals surface area (Å²) in [5, 5.41) is 2.72. The number of nitrogens with one attached hydrogen (secondary N) is 1. The molecule has 27 heavy (non-hydrogen) atoms. The number of fused-ring (bicyclic) bond motifs is 1. The molecule has 1 aromatic heterocycles. The standard InChI is InChI=1S/C19H19N3O5/c23-17(20-16-6-5-15-18(21-16)27-12-11-26-15)13-1-3-14(4-2-13)19(24)22-7-9-25-10-8-22/h1-6H,7-12H2,(H,20,21,23). The Bertz CT molecular complexity index is 847. The molecule has 0 bridgehead atoms. The van der Waals surface area contributed by atoms with Crippen LogP contribution in [0.2, 0.25) is 0 Å². The van der Waals surface area contributed by atoms with Crippen LogP contribution in [0.25, 0.3) is 0 Å². The first-order valence-corrected chi connectivity index (χ1v) is 8.76. The number of hydrogen-bond acceptors (Lipinski definition) is 6. The molecular weight excluding hydrogens is 350 g/mol. The van der Waals surface area contributed by atoms with Crippen LogP contribution in [0.1, 0.15) is 20.7 Å². The quantitative estimate of drug-likeness (QED) is 0.883. The number of aromatic nitrogens is 1. The summed E-state index contributed by atoms with van der Waals surface area (Å²) in [5.41, 5.74) is 0.983. The molecule has 0 unspecified atom stereocenters. The van der Waals surface area contributed by atoms with Gasteiger partial charge in [-0.1, -0.05) is 0 Å². The van der Waals surface area contributed by atoms with Crippen molar-refractivity contribution in [3.8, 4) is 11.6 Å². The van der Waals surface area contributed by atoms with Crippen molar-refractivity contribution >= 4 is 17.6 Å². The summed E-state index contributed by atoms with van der Waals surface area (Å²) < 4.78 is 16.1. The van der Waals surface area contributed by atoms with Crippen molar-refractivity contribution in [3.63, 3.8) is 0 Å². The molecule has 0 spiro atoms. The predicted octanol–water partition coefficient (Wildman–Crippen LogP) is 1.58. The van der Waals surface area contributed by atoms with Crippen LogP contribution in [0.5, 0.6) is 11.6 Å². The van der Waals surface area contributed by atoms with Crippen molar-refractivity contribution in [2.45, 2.75) is 0 Å². The summed E-state index contributed by atoms with van der Waals surface area (Å²) in [6.07, 6.45) is 0. The number of ether oxygens (including phenoxy) is 3. The lowest BCUT2D eigenvalue weighted by Gasteiger charge is -2.26. The van der Waals surface area contributed by atoms with Crippen LogP contribution < -0.4 is 14.8 Å². The number of anilines is 1. The van der Waals surface area contributed by atoms with Crippen molar-refractivity contribution in [2.75, 3.05) is 44.8 Å². The Balaban J connectivity index is 1.42. The third-order valence-corrected chi connectivity index (χ3v) is 4.34. The van der Waals surface area contributed by atoms with Gasteiger partial charge < -0.3 is 24.4 Å². The zero-order valence-corrected chi connectivity index (χ0v) is 14.6. The molecule has 2 amide bonds. The maximum absolute atomic E-state index is 12.4. The van der Waals surface area contributed by atoms with Gasteiger partial charge in [0.1, 0.15) is 19.0 Å². The van der Waals surface area contributed by atoms with Crippen molar-refractivity contribution in [2.24, 2.45) is 0 Å². The SMILES string of the molecule is O=C(Nc1ccc2c(n1)OCCO2)c1ccc(C(=O)N2CCOCC2)cc1. The van der Waals surface area contributed by atoms with Gasteiger partial charge in [0.25, 0.3) is 17.7 Å². The number of pyridine rings is 1. The molecule has 0 radical (unpaired) electrons. The Morgan fingerprint density at radius 1 is 0.889 bits per heavy atom. The highest BCUT2D eigenvalue weighted by Crippen LogP contribution is 2.29. The number of carbonyl (C=O) groups excluding carboxylic acids is 2. The summed E-state index contributed by atoms with van der Waals surface area (Å²) in [6, 6.07) is 9.93. The summed E-state index contributed by atoms with van der Waals surface area (Å²) >= 11 is 0. The highest BCUT2D eigenvalue weighted by Gasteiger charge is 2.19. The van der Waals surface area contributed by atoms with Crippen LogP contribution >= 0.6 is 0 Å². The van der Waals surface area contributed by atoms with Gasteiger partial charge in [-0.25, -0.2) is 0 Å². The van der Waals surface area contributed by atoms with Crippen molar-refractivity contribution < 1.29 is 23.8 Å². The van der Waals surface area contributed by atoms with Gasteiger partial charge in [0.05, 0.1) is 13.2 Å². The zero-order valence-electron chi connectivity index (χ0n) is 14.6. The Kier molecular flexibility index (Phi) is 4.88. The fourth-order valence-corrected chi connectivity index (χ4v) is 2.90. The molecular formula is C19H19N3O5. The lowest BCUT2D eigenvalue weighted by molar-refractivity contribution is 0.0303. The van der Waals surface area contributed by atoms with Crippen LogP contribution in [0.4, 0.5) is 5.82 Å². The normalized spacial score (nSPS) is 15.9. The van der Waals surface area contributed by atoms with Crippen LogP contribution in [0.3, 0.4) is 0 Å². The minimum Gasteiger partial charge on any atom is -0.484 e. The van der Waals surface area contributed by atoms with E-state index in [1.807, 2.05) is 0 Å². The second-order valence-electron chi connectivity index (χ2n) is 6.13. The van der Waals surface area contributed by atoms with Gasteiger partial charge >= 0.3 is 0 Å². The number of nitrogens with zero attached hydrogens (tertiary/aromatic N) is 2. The molecule has 0 saturated carbocycles. The molecule has 1 N–H and O–H groups in total. The third-order valence-electron chi connectivity index (χ3n) is 4.34. The van der Waals surface area contributed by atoms with Crippen LogP contribution in [0, 0.1) is 0 Å². The number of amides is 2. The molecule has 2 aliphatic rings. The third kappa shape index (κ3) is 3.85. The summed E-state index contributed by atoms with van der Waals surface area (Å²) in [6.45, 7) is 3.17. The summed E-state index contributed by atoms with van der Waals surface area (Å²) in [4.78, 5) is 30.9. The van der Waals surface area contributed by atoms with E-state index in [-0.39, 0.29) is 11.8 Å². The van der Waals surface area contributed by atoms with E-state index in [9.17, 15) is 9.59 Å². The molecule has 0 atom stereocenters. The Hall–Kier alpha value is -3.13. The second kappa shape index (κ2) is 7.63. The van der Waals surface area contributed by atoms with E-state index < -0.39 is 0 Å². The summed E-state index contributed by atoms with van der Waals surface area (Å²) in [7, 11) is 0. The van der Waals surface area contributed by atoms with Gasteiger partial charge in [-0.3, -0.25) is 9.59 Å². The first-order valence-electron chi connectivity index (χ1n) is 8.76. The fraction of sp³-hybridized carbons (Fsp3) is 0.316. The monoisotopic (exact) mass is 369 g/mol. The number of hydrogen-bond donors (Lipinski definition) is 1. The van der Waals surface area contributed by atoms with Crippen LogP contribution in [-0.4, -0.2) is 61.2 Å². The molecule has 1 aromatic carbocycles. The maximum atomic E-state index is 12.4. The van der Waals surface area contributed by atoms with Gasteiger partial charge in [-0.2, -0.15) is 4.98 Å². The molecule has 2 aliphatic heterocycles. The van der Waals surface area contributed by atoms with E-state index in [0.29, 0.717) is 68.1 Å².